The van der Waals surface area contributed by atoms with E-state index in [1.165, 1.54) is 10.6 Å². The molecule has 0 atom stereocenters. The van der Waals surface area contributed by atoms with Gasteiger partial charge in [-0.1, -0.05) is 34.3 Å². The van der Waals surface area contributed by atoms with Gasteiger partial charge in [0.05, 0.1) is 10.6 Å². The van der Waals surface area contributed by atoms with Gasteiger partial charge in [-0.25, -0.2) is 0 Å². The van der Waals surface area contributed by atoms with Crippen molar-refractivity contribution >= 4 is 22.6 Å². The van der Waals surface area contributed by atoms with Crippen molar-refractivity contribution < 1.29 is 0 Å². The smallest absolute Gasteiger partial charge is 0.0572 e. The summed E-state index contributed by atoms with van der Waals surface area (Å²) in [4.78, 5) is 1.25. The highest BCUT2D eigenvalue weighted by molar-refractivity contribution is 7.11. The molecule has 0 amide bonds. The second kappa shape index (κ2) is 4.67. The lowest BCUT2D eigenvalue weighted by atomic mass is 10.0. The highest BCUT2D eigenvalue weighted by atomic mass is 32.1. The second-order valence-corrected chi connectivity index (χ2v) is 6.08. The molecule has 1 aliphatic heterocycles. The molecule has 1 nitrogen and oxygen atoms in total. The molecule has 2 heterocycles. The van der Waals surface area contributed by atoms with E-state index in [0.29, 0.717) is 5.41 Å². The Labute approximate surface area is 96.5 Å². The number of nitrogens with one attached hydrogen (secondary N) is 1. The maximum absolute atomic E-state index is 3.91. The van der Waals surface area contributed by atoms with Gasteiger partial charge in [0, 0.05) is 6.20 Å². The molecule has 0 bridgehead atoms. The van der Waals surface area contributed by atoms with Crippen molar-refractivity contribution in [3.8, 4) is 0 Å². The standard InChI is InChI=1S/C8H7NS.C5H12/c1-6-2-4-9-7-3-5-10-8(6)7;1-5(2,3)4/h2-5,9H,1H2;1-4H3. The van der Waals surface area contributed by atoms with Gasteiger partial charge in [-0.05, 0) is 28.5 Å². The Balaban J connectivity index is 0.000000195. The van der Waals surface area contributed by atoms with Crippen molar-refractivity contribution in [1.29, 1.82) is 0 Å². The van der Waals surface area contributed by atoms with Crippen molar-refractivity contribution in [2.24, 2.45) is 5.41 Å². The van der Waals surface area contributed by atoms with Crippen LogP contribution in [-0.2, 0) is 0 Å². The summed E-state index contributed by atoms with van der Waals surface area (Å²) < 4.78 is 0. The van der Waals surface area contributed by atoms with E-state index in [9.17, 15) is 0 Å². The molecule has 0 aromatic carbocycles. The van der Waals surface area contributed by atoms with Crippen LogP contribution < -0.4 is 5.32 Å². The Morgan fingerprint density at radius 2 is 1.87 bits per heavy atom. The first-order valence-electron chi connectivity index (χ1n) is 5.08. The van der Waals surface area contributed by atoms with E-state index >= 15 is 0 Å². The van der Waals surface area contributed by atoms with Crippen LogP contribution in [0.5, 0.6) is 0 Å². The number of allylic oxidation sites excluding steroid dienone is 2. The van der Waals surface area contributed by atoms with Crippen LogP contribution in [0.25, 0.3) is 5.57 Å². The molecule has 1 N–H and O–H groups in total. The van der Waals surface area contributed by atoms with E-state index in [-0.39, 0.29) is 0 Å². The van der Waals surface area contributed by atoms with Gasteiger partial charge in [-0.3, -0.25) is 0 Å². The molecule has 1 aliphatic rings. The van der Waals surface area contributed by atoms with Crippen molar-refractivity contribution in [3.05, 3.63) is 35.2 Å². The van der Waals surface area contributed by atoms with Gasteiger partial charge in [0.15, 0.2) is 0 Å². The van der Waals surface area contributed by atoms with Crippen LogP contribution in [0.4, 0.5) is 5.69 Å². The lowest BCUT2D eigenvalue weighted by Crippen LogP contribution is -1.93. The number of fused-ring (bicyclic) bond motifs is 1. The maximum atomic E-state index is 3.91. The molecule has 2 heteroatoms. The summed E-state index contributed by atoms with van der Waals surface area (Å²) in [6.07, 6.45) is 3.90. The van der Waals surface area contributed by atoms with E-state index in [1.54, 1.807) is 11.3 Å². The van der Waals surface area contributed by atoms with Crippen LogP contribution in [0.1, 0.15) is 32.6 Å². The van der Waals surface area contributed by atoms with Gasteiger partial charge in [-0.2, -0.15) is 0 Å². The van der Waals surface area contributed by atoms with Gasteiger partial charge in [0.2, 0.25) is 0 Å². The summed E-state index contributed by atoms with van der Waals surface area (Å²) in [6, 6.07) is 2.06. The van der Waals surface area contributed by atoms with Crippen molar-refractivity contribution in [1.82, 2.24) is 0 Å². The summed E-state index contributed by atoms with van der Waals surface area (Å²) in [6.45, 7) is 12.7. The number of rotatable bonds is 0. The number of hydrogen-bond acceptors (Lipinski definition) is 2. The Kier molecular flexibility index (Phi) is 3.75. The molecule has 2 rings (SSSR count). The summed E-state index contributed by atoms with van der Waals surface area (Å²) in [5.74, 6) is 0. The van der Waals surface area contributed by atoms with E-state index in [4.69, 9.17) is 0 Å². The Morgan fingerprint density at radius 3 is 2.40 bits per heavy atom. The van der Waals surface area contributed by atoms with Gasteiger partial charge in [0.1, 0.15) is 0 Å². The second-order valence-electron chi connectivity index (χ2n) is 5.17. The molecule has 0 spiro atoms. The maximum Gasteiger partial charge on any atom is 0.0572 e. The third-order valence-corrected chi connectivity index (χ3v) is 2.47. The predicted octanol–water partition coefficient (Wildman–Crippen LogP) is 4.75. The van der Waals surface area contributed by atoms with Crippen molar-refractivity contribution in [2.45, 2.75) is 27.7 Å². The fourth-order valence-corrected chi connectivity index (χ4v) is 1.79. The first kappa shape index (κ1) is 12.1. The minimum atomic E-state index is 0.500. The average molecular weight is 221 g/mol. The molecule has 0 aliphatic carbocycles. The summed E-state index contributed by atoms with van der Waals surface area (Å²) in [7, 11) is 0. The third-order valence-electron chi connectivity index (χ3n) is 1.48. The number of hydrogen-bond donors (Lipinski definition) is 1. The third kappa shape index (κ3) is 4.34. The van der Waals surface area contributed by atoms with Crippen LogP contribution in [0, 0.1) is 5.41 Å². The topological polar surface area (TPSA) is 12.0 Å². The lowest BCUT2D eigenvalue weighted by Gasteiger charge is -2.07. The molecular formula is C13H19NS. The molecule has 1 aromatic rings. The van der Waals surface area contributed by atoms with Crippen molar-refractivity contribution in [2.75, 3.05) is 5.32 Å². The highest BCUT2D eigenvalue weighted by Gasteiger charge is 2.07. The first-order valence-corrected chi connectivity index (χ1v) is 5.96. The van der Waals surface area contributed by atoms with Crippen LogP contribution in [0.3, 0.4) is 0 Å². The normalized spacial score (nSPS) is 13.7. The van der Waals surface area contributed by atoms with Crippen LogP contribution in [-0.4, -0.2) is 0 Å². The van der Waals surface area contributed by atoms with Crippen molar-refractivity contribution in [3.63, 3.8) is 0 Å². The fourth-order valence-electron chi connectivity index (χ4n) is 0.979. The number of anilines is 1. The molecule has 0 unspecified atom stereocenters. The van der Waals surface area contributed by atoms with Crippen LogP contribution in [0.15, 0.2) is 30.3 Å². The SMILES string of the molecule is C=C1C=CNc2ccsc21.CC(C)(C)C. The molecule has 1 aromatic heterocycles. The van der Waals surface area contributed by atoms with E-state index in [1.807, 2.05) is 12.3 Å². The molecule has 0 radical (unpaired) electrons. The summed E-state index contributed by atoms with van der Waals surface area (Å²) in [5.41, 5.74) is 2.78. The zero-order valence-electron chi connectivity index (χ0n) is 9.92. The molecule has 0 saturated heterocycles. The summed E-state index contributed by atoms with van der Waals surface area (Å²) >= 11 is 1.72. The quantitative estimate of drug-likeness (QED) is 0.666. The van der Waals surface area contributed by atoms with Crippen LogP contribution >= 0.6 is 11.3 Å². The van der Waals surface area contributed by atoms with Gasteiger partial charge >= 0.3 is 0 Å². The Bertz CT molecular complexity index is 360. The molecule has 15 heavy (non-hydrogen) atoms. The molecule has 82 valence electrons. The first-order chi connectivity index (χ1) is 6.88. The van der Waals surface area contributed by atoms with Gasteiger partial charge < -0.3 is 5.32 Å². The largest absolute Gasteiger partial charge is 0.360 e. The number of thiophene rings is 1. The lowest BCUT2D eigenvalue weighted by molar-refractivity contribution is 0.469. The van der Waals surface area contributed by atoms with Crippen LogP contribution in [0.2, 0.25) is 0 Å². The Morgan fingerprint density at radius 1 is 1.27 bits per heavy atom. The van der Waals surface area contributed by atoms with E-state index in [0.717, 1.165) is 5.57 Å². The summed E-state index contributed by atoms with van der Waals surface area (Å²) in [5, 5.41) is 5.21. The monoisotopic (exact) mass is 221 g/mol. The van der Waals surface area contributed by atoms with E-state index < -0.39 is 0 Å². The molecule has 0 saturated carbocycles. The van der Waals surface area contributed by atoms with Gasteiger partial charge in [0.25, 0.3) is 0 Å². The zero-order valence-corrected chi connectivity index (χ0v) is 10.7. The predicted molar refractivity (Wildman–Crippen MR) is 71.2 cm³/mol. The minimum absolute atomic E-state index is 0.500. The highest BCUT2D eigenvalue weighted by Crippen LogP contribution is 2.32. The average Bonchev–Trinajstić information content (AvgIpc) is 2.49. The fraction of sp³-hybridized carbons (Fsp3) is 0.385. The molecule has 0 fully saturated rings. The zero-order chi connectivity index (χ0) is 11.5. The Hall–Kier alpha value is -1.02. The minimum Gasteiger partial charge on any atom is -0.360 e. The van der Waals surface area contributed by atoms with E-state index in [2.05, 4.69) is 51.0 Å². The van der Waals surface area contributed by atoms with Gasteiger partial charge in [-0.15, -0.1) is 11.3 Å². The molecular weight excluding hydrogens is 202 g/mol.